The number of ether oxygens (including phenoxy) is 1. The highest BCUT2D eigenvalue weighted by Gasteiger charge is 2.51. The smallest absolute Gasteiger partial charge is 0.300 e. The number of hydrogen-bond donors (Lipinski definition) is 8. The van der Waals surface area contributed by atoms with Crippen LogP contribution in [0.15, 0.2) is 16.8 Å². The number of nitro groups is 1. The van der Waals surface area contributed by atoms with E-state index in [2.05, 4.69) is 30.1 Å². The molecule has 8 atom stereocenters. The van der Waals surface area contributed by atoms with Crippen molar-refractivity contribution in [1.82, 2.24) is 15.6 Å². The zero-order valence-electron chi connectivity index (χ0n) is 26.0. The van der Waals surface area contributed by atoms with Gasteiger partial charge in [-0.15, -0.1) is 0 Å². The molecule has 2 aromatic rings. The number of carbonyl (C=O) groups excluding carboxylic acids is 1. The first-order valence-corrected chi connectivity index (χ1v) is 17.0. The van der Waals surface area contributed by atoms with Crippen LogP contribution in [0.1, 0.15) is 51.4 Å². The van der Waals surface area contributed by atoms with Gasteiger partial charge >= 0.3 is 5.69 Å². The molecule has 3 rings (SSSR count). The second-order valence-corrected chi connectivity index (χ2v) is 12.7. The largest absolute Gasteiger partial charge is 0.756 e. The molecule has 1 aliphatic carbocycles. The fourth-order valence-corrected chi connectivity index (χ4v) is 5.94. The highest BCUT2D eigenvalue weighted by Crippen LogP contribution is 2.43. The summed E-state index contributed by atoms with van der Waals surface area (Å²) in [5.41, 5.74) is 0.715. The normalized spacial score (nSPS) is 24.6. The van der Waals surface area contributed by atoms with E-state index < -0.39 is 68.7 Å². The van der Waals surface area contributed by atoms with Crippen LogP contribution in [0.5, 0.6) is 0 Å². The van der Waals surface area contributed by atoms with Crippen molar-refractivity contribution in [3.05, 3.63) is 22.2 Å². The first-order valence-electron chi connectivity index (χ1n) is 15.5. The molecular formula is C27H43N5O15P-. The number of phosphoric acid groups is 1. The summed E-state index contributed by atoms with van der Waals surface area (Å²) >= 11 is 0. The lowest BCUT2D eigenvalue weighted by atomic mass is 9.85. The van der Waals surface area contributed by atoms with Crippen LogP contribution in [0, 0.1) is 10.1 Å². The topological polar surface area (TPSA) is 312 Å². The molecule has 1 aromatic carbocycles. The van der Waals surface area contributed by atoms with E-state index in [1.165, 1.54) is 6.07 Å². The van der Waals surface area contributed by atoms with Crippen LogP contribution in [0.2, 0.25) is 0 Å². The maximum Gasteiger partial charge on any atom is 0.300 e. The second-order valence-electron chi connectivity index (χ2n) is 11.3. The Morgan fingerprint density at radius 2 is 1.60 bits per heavy atom. The maximum absolute atomic E-state index is 12.2. The molecule has 0 spiro atoms. The van der Waals surface area contributed by atoms with E-state index in [1.54, 1.807) is 6.07 Å². The molecule has 0 radical (unpaired) electrons. The zero-order chi connectivity index (χ0) is 35.3. The summed E-state index contributed by atoms with van der Waals surface area (Å²) in [7, 11) is -5.20. The third-order valence-electron chi connectivity index (χ3n) is 7.62. The number of fused-ring (bicyclic) bond motifs is 1. The number of aromatic nitrogens is 2. The third-order valence-corrected chi connectivity index (χ3v) is 8.59. The standard InChI is InChI=1S/C27H44N5O15P/c33-14-16(34)15-45-48(42,43)46-27-25(39)23(37)22(36)24(38)26(27)44-13-7-2-1-5-12-29-19(35)8-4-3-6-11-28-17-9-10-18(32(40)41)21-20(17)30-47-31-21/h9-10,16,22-28,33-34,36-39H,1-8,11-15H2,(H,29,35)(H,42,43)/p-1/t16-,22+,23+,24-,25-,26-,27+/m1/s1. The van der Waals surface area contributed by atoms with Gasteiger partial charge in [0.2, 0.25) is 11.4 Å². The number of nitro benzene ring substituents is 1. The molecule has 8 N–H and O–H groups in total. The molecule has 1 heterocycles. The first kappa shape index (κ1) is 39.6. The van der Waals surface area contributed by atoms with Crippen molar-refractivity contribution in [2.75, 3.05) is 38.2 Å². The van der Waals surface area contributed by atoms with Gasteiger partial charge < -0.3 is 60.0 Å². The van der Waals surface area contributed by atoms with Gasteiger partial charge in [-0.3, -0.25) is 19.5 Å². The molecule has 1 aliphatic rings. The van der Waals surface area contributed by atoms with E-state index >= 15 is 0 Å². The first-order chi connectivity index (χ1) is 22.9. The van der Waals surface area contributed by atoms with Gasteiger partial charge in [-0.2, -0.15) is 0 Å². The van der Waals surface area contributed by atoms with Crippen molar-refractivity contribution < 1.29 is 68.2 Å². The van der Waals surface area contributed by atoms with E-state index in [-0.39, 0.29) is 29.2 Å². The molecule has 1 fully saturated rings. The minimum atomic E-state index is -5.20. The Morgan fingerprint density at radius 3 is 2.31 bits per heavy atom. The van der Waals surface area contributed by atoms with Crippen LogP contribution in [-0.2, 0) is 23.1 Å². The van der Waals surface area contributed by atoms with Crippen LogP contribution in [0.4, 0.5) is 11.4 Å². The minimum absolute atomic E-state index is 0.0177. The molecule has 1 amide bonds. The van der Waals surface area contributed by atoms with Crippen LogP contribution < -0.4 is 15.5 Å². The summed E-state index contributed by atoms with van der Waals surface area (Å²) in [6, 6.07) is 2.88. The summed E-state index contributed by atoms with van der Waals surface area (Å²) < 4.78 is 31.6. The number of non-ortho nitro benzene ring substituents is 1. The third kappa shape index (κ3) is 11.6. The summed E-state index contributed by atoms with van der Waals surface area (Å²) in [5.74, 6) is -0.0841. The van der Waals surface area contributed by atoms with E-state index in [0.29, 0.717) is 57.3 Å². The van der Waals surface area contributed by atoms with E-state index in [0.717, 1.165) is 12.8 Å². The maximum atomic E-state index is 12.2. The zero-order valence-corrected chi connectivity index (χ0v) is 26.9. The molecule has 0 bridgehead atoms. The Balaban J connectivity index is 1.27. The quantitative estimate of drug-likeness (QED) is 0.0310. The number of amides is 1. The van der Waals surface area contributed by atoms with Crippen LogP contribution >= 0.6 is 7.82 Å². The van der Waals surface area contributed by atoms with Gasteiger partial charge in [0.25, 0.3) is 7.82 Å². The average Bonchev–Trinajstić information content (AvgIpc) is 3.55. The van der Waals surface area contributed by atoms with Gasteiger partial charge in [-0.25, -0.2) is 4.63 Å². The van der Waals surface area contributed by atoms with Gasteiger partial charge in [0.05, 0.1) is 23.8 Å². The average molecular weight is 709 g/mol. The summed E-state index contributed by atoms with van der Waals surface area (Å²) in [4.78, 5) is 34.8. The molecular weight excluding hydrogens is 665 g/mol. The number of phosphoric ester groups is 1. The number of rotatable bonds is 22. The summed E-state index contributed by atoms with van der Waals surface area (Å²) in [5, 5.41) is 83.3. The van der Waals surface area contributed by atoms with Crippen molar-refractivity contribution >= 4 is 36.1 Å². The lowest BCUT2D eigenvalue weighted by Gasteiger charge is -2.45. The second kappa shape index (κ2) is 19.3. The molecule has 1 unspecified atom stereocenters. The van der Waals surface area contributed by atoms with Crippen molar-refractivity contribution in [2.24, 2.45) is 0 Å². The number of anilines is 1. The van der Waals surface area contributed by atoms with Crippen molar-refractivity contribution in [2.45, 2.75) is 94.1 Å². The number of nitrogens with zero attached hydrogens (tertiary/aromatic N) is 3. The highest BCUT2D eigenvalue weighted by atomic mass is 31.2. The Kier molecular flexibility index (Phi) is 15.9. The molecule has 48 heavy (non-hydrogen) atoms. The highest BCUT2D eigenvalue weighted by molar-refractivity contribution is 7.45. The number of aliphatic hydroxyl groups is 6. The lowest BCUT2D eigenvalue weighted by molar-refractivity contribution is -0.383. The molecule has 0 aliphatic heterocycles. The SMILES string of the molecule is O=C(CCCCCNc1ccc([N+](=O)[O-])c2nonc12)NCCCCCCO[C@@H]1[C@H](O)[C@@H](O)[C@H](O)[C@@H](O)[C@@H]1OP(=O)([O-])OC[C@H](O)CO. The Bertz CT molecular complexity index is 1350. The van der Waals surface area contributed by atoms with Gasteiger partial charge in [-0.1, -0.05) is 19.3 Å². The fourth-order valence-electron chi connectivity index (χ4n) is 4.98. The molecule has 272 valence electrons. The molecule has 0 saturated heterocycles. The number of carbonyl (C=O) groups is 1. The van der Waals surface area contributed by atoms with Crippen molar-refractivity contribution in [3.8, 4) is 0 Å². The fraction of sp³-hybridized carbons (Fsp3) is 0.741. The van der Waals surface area contributed by atoms with Crippen molar-refractivity contribution in [3.63, 3.8) is 0 Å². The molecule has 21 heteroatoms. The van der Waals surface area contributed by atoms with E-state index in [4.69, 9.17) is 14.4 Å². The monoisotopic (exact) mass is 708 g/mol. The van der Waals surface area contributed by atoms with Gasteiger partial charge in [0.1, 0.15) is 42.7 Å². The van der Waals surface area contributed by atoms with Crippen LogP contribution in [0.3, 0.4) is 0 Å². The lowest BCUT2D eigenvalue weighted by Crippen LogP contribution is -2.65. The number of aliphatic hydroxyl groups excluding tert-OH is 6. The Labute approximate surface area is 274 Å². The number of hydrogen-bond acceptors (Lipinski definition) is 18. The summed E-state index contributed by atoms with van der Waals surface area (Å²) in [6.07, 6.45) is -7.46. The molecule has 1 aromatic heterocycles. The Morgan fingerprint density at radius 1 is 0.958 bits per heavy atom. The molecule has 1 saturated carbocycles. The number of unbranched alkanes of at least 4 members (excludes halogenated alkanes) is 5. The predicted octanol–water partition coefficient (Wildman–Crippen LogP) is -1.15. The van der Waals surface area contributed by atoms with Crippen LogP contribution in [0.25, 0.3) is 11.0 Å². The molecule has 20 nitrogen and oxygen atoms in total. The minimum Gasteiger partial charge on any atom is -0.756 e. The van der Waals surface area contributed by atoms with Gasteiger partial charge in [0.15, 0.2) is 5.52 Å². The number of nitrogens with one attached hydrogen (secondary N) is 2. The summed E-state index contributed by atoms with van der Waals surface area (Å²) in [6.45, 7) is -0.614. The Hall–Kier alpha value is -2.88. The number of benzene rings is 1. The van der Waals surface area contributed by atoms with Gasteiger partial charge in [0, 0.05) is 32.2 Å². The van der Waals surface area contributed by atoms with Crippen LogP contribution in [-0.4, -0.2) is 127 Å². The van der Waals surface area contributed by atoms with E-state index in [9.17, 15) is 49.9 Å². The van der Waals surface area contributed by atoms with Gasteiger partial charge in [-0.05, 0) is 42.1 Å². The van der Waals surface area contributed by atoms with E-state index in [1.807, 2.05) is 0 Å². The van der Waals surface area contributed by atoms with Crippen molar-refractivity contribution in [1.29, 1.82) is 0 Å². The predicted molar refractivity (Wildman–Crippen MR) is 162 cm³/mol.